The molecule has 2 aromatic rings. The molecule has 0 unspecified atom stereocenters. The zero-order valence-corrected chi connectivity index (χ0v) is 7.38. The highest BCUT2D eigenvalue weighted by molar-refractivity contribution is 5.58. The van der Waals surface area contributed by atoms with Gasteiger partial charge in [0.15, 0.2) is 0 Å². The van der Waals surface area contributed by atoms with Crippen molar-refractivity contribution in [2.75, 3.05) is 11.1 Å². The second kappa shape index (κ2) is 3.69. The molecule has 5 nitrogen and oxygen atoms in total. The Morgan fingerprint density at radius 3 is 2.79 bits per heavy atom. The monoisotopic (exact) mass is 187 g/mol. The van der Waals surface area contributed by atoms with Crippen LogP contribution in [0, 0.1) is 0 Å². The molecule has 2 heterocycles. The minimum absolute atomic E-state index is 0.476. The van der Waals surface area contributed by atoms with Crippen LogP contribution < -0.4 is 11.1 Å². The summed E-state index contributed by atoms with van der Waals surface area (Å²) in [7, 11) is 0. The minimum Gasteiger partial charge on any atom is -0.384 e. The molecule has 0 atom stereocenters. The van der Waals surface area contributed by atoms with Crippen LogP contribution in [-0.2, 0) is 0 Å². The van der Waals surface area contributed by atoms with Crippen molar-refractivity contribution in [2.24, 2.45) is 0 Å². The number of nitrogens with two attached hydrogens (primary N) is 1. The van der Waals surface area contributed by atoms with E-state index in [2.05, 4.69) is 20.3 Å². The molecule has 5 heteroatoms. The fourth-order valence-corrected chi connectivity index (χ4v) is 1.04. The second-order valence-corrected chi connectivity index (χ2v) is 2.69. The number of nitrogens with one attached hydrogen (secondary N) is 1. The maximum atomic E-state index is 5.53. The summed E-state index contributed by atoms with van der Waals surface area (Å²) in [6.07, 6.45) is 4.78. The quantitative estimate of drug-likeness (QED) is 0.738. The highest BCUT2D eigenvalue weighted by atomic mass is 15.0. The number of aromatic nitrogens is 3. The van der Waals surface area contributed by atoms with E-state index in [0.29, 0.717) is 5.82 Å². The first kappa shape index (κ1) is 8.43. The summed E-state index contributed by atoms with van der Waals surface area (Å²) < 4.78 is 0. The number of rotatable bonds is 2. The van der Waals surface area contributed by atoms with E-state index in [-0.39, 0.29) is 0 Å². The molecule has 0 fully saturated rings. The fourth-order valence-electron chi connectivity index (χ4n) is 1.04. The Hall–Kier alpha value is -2.17. The van der Waals surface area contributed by atoms with Crippen molar-refractivity contribution in [3.63, 3.8) is 0 Å². The molecule has 0 aliphatic heterocycles. The van der Waals surface area contributed by atoms with Gasteiger partial charge in [0, 0.05) is 24.1 Å². The largest absolute Gasteiger partial charge is 0.384 e. The highest BCUT2D eigenvalue weighted by Gasteiger charge is 1.95. The molecule has 14 heavy (non-hydrogen) atoms. The van der Waals surface area contributed by atoms with E-state index in [1.54, 1.807) is 24.5 Å². The molecule has 0 aliphatic rings. The van der Waals surface area contributed by atoms with E-state index < -0.39 is 0 Å². The number of nitrogens with zero attached hydrogens (tertiary/aromatic N) is 3. The third-order valence-electron chi connectivity index (χ3n) is 1.64. The van der Waals surface area contributed by atoms with Crippen LogP contribution in [0.2, 0.25) is 0 Å². The van der Waals surface area contributed by atoms with Crippen LogP contribution in [0.5, 0.6) is 0 Å². The van der Waals surface area contributed by atoms with E-state index in [4.69, 9.17) is 5.73 Å². The van der Waals surface area contributed by atoms with Gasteiger partial charge in [-0.3, -0.25) is 0 Å². The average molecular weight is 187 g/mol. The Bertz CT molecular complexity index is 415. The van der Waals surface area contributed by atoms with Crippen LogP contribution in [-0.4, -0.2) is 15.0 Å². The fraction of sp³-hybridized carbons (Fsp3) is 0. The topological polar surface area (TPSA) is 76.7 Å². The van der Waals surface area contributed by atoms with Crippen molar-refractivity contribution in [1.29, 1.82) is 0 Å². The highest BCUT2D eigenvalue weighted by Crippen LogP contribution is 2.13. The third-order valence-corrected chi connectivity index (χ3v) is 1.64. The van der Waals surface area contributed by atoms with Gasteiger partial charge in [0.1, 0.15) is 18.0 Å². The summed E-state index contributed by atoms with van der Waals surface area (Å²) in [5.41, 5.74) is 6.39. The molecule has 0 aliphatic carbocycles. The summed E-state index contributed by atoms with van der Waals surface area (Å²) in [5.74, 6) is 1.20. The van der Waals surface area contributed by atoms with E-state index in [1.807, 2.05) is 6.07 Å². The smallest absolute Gasteiger partial charge is 0.133 e. The summed E-state index contributed by atoms with van der Waals surface area (Å²) >= 11 is 0. The van der Waals surface area contributed by atoms with Crippen molar-refractivity contribution in [1.82, 2.24) is 15.0 Å². The maximum absolute atomic E-state index is 5.53. The number of hydrogen-bond acceptors (Lipinski definition) is 5. The van der Waals surface area contributed by atoms with Crippen molar-refractivity contribution < 1.29 is 0 Å². The minimum atomic E-state index is 0.476. The average Bonchev–Trinajstić information content (AvgIpc) is 2.19. The molecule has 70 valence electrons. The lowest BCUT2D eigenvalue weighted by atomic mass is 10.4. The zero-order chi connectivity index (χ0) is 9.80. The van der Waals surface area contributed by atoms with Crippen LogP contribution in [0.1, 0.15) is 0 Å². The molecule has 2 rings (SSSR count). The molecule has 0 saturated carbocycles. The van der Waals surface area contributed by atoms with Gasteiger partial charge in [-0.2, -0.15) is 0 Å². The van der Waals surface area contributed by atoms with Crippen molar-refractivity contribution in [3.8, 4) is 0 Å². The normalized spacial score (nSPS) is 9.71. The van der Waals surface area contributed by atoms with Crippen molar-refractivity contribution in [3.05, 3.63) is 36.9 Å². The molecule has 0 radical (unpaired) electrons. The lowest BCUT2D eigenvalue weighted by molar-refractivity contribution is 1.17. The molecular weight excluding hydrogens is 178 g/mol. The Morgan fingerprint density at radius 2 is 2.07 bits per heavy atom. The number of pyridine rings is 1. The van der Waals surface area contributed by atoms with Gasteiger partial charge < -0.3 is 11.1 Å². The van der Waals surface area contributed by atoms with Gasteiger partial charge in [0.05, 0.1) is 0 Å². The Balaban J connectivity index is 2.19. The lowest BCUT2D eigenvalue weighted by Crippen LogP contribution is -1.95. The summed E-state index contributed by atoms with van der Waals surface area (Å²) in [6, 6.07) is 5.33. The first-order valence-corrected chi connectivity index (χ1v) is 4.09. The number of nitrogen functional groups attached to an aromatic ring is 1. The standard InChI is InChI=1S/C9H9N5/c10-8-5-7(1-4-12-8)14-9-2-3-11-6-13-9/h1-6H,(H3,10,11,12,13,14). The molecular formula is C9H9N5. The van der Waals surface area contributed by atoms with Crippen molar-refractivity contribution >= 4 is 17.3 Å². The molecule has 0 amide bonds. The molecule has 0 spiro atoms. The van der Waals surface area contributed by atoms with E-state index in [0.717, 1.165) is 11.5 Å². The Morgan fingerprint density at radius 1 is 1.14 bits per heavy atom. The van der Waals surface area contributed by atoms with Crippen LogP contribution in [0.4, 0.5) is 17.3 Å². The van der Waals surface area contributed by atoms with Crippen molar-refractivity contribution in [2.45, 2.75) is 0 Å². The van der Waals surface area contributed by atoms with Gasteiger partial charge in [-0.05, 0) is 12.1 Å². The Labute approximate surface area is 81.0 Å². The zero-order valence-electron chi connectivity index (χ0n) is 7.38. The molecule has 0 saturated heterocycles. The van der Waals surface area contributed by atoms with Crippen LogP contribution in [0.3, 0.4) is 0 Å². The number of hydrogen-bond donors (Lipinski definition) is 2. The third kappa shape index (κ3) is 1.95. The van der Waals surface area contributed by atoms with E-state index in [1.165, 1.54) is 6.33 Å². The van der Waals surface area contributed by atoms with Gasteiger partial charge >= 0.3 is 0 Å². The molecule has 2 aromatic heterocycles. The van der Waals surface area contributed by atoms with E-state index in [9.17, 15) is 0 Å². The maximum Gasteiger partial charge on any atom is 0.133 e. The molecule has 0 bridgehead atoms. The summed E-state index contributed by atoms with van der Waals surface area (Å²) in [5, 5.41) is 3.07. The lowest BCUT2D eigenvalue weighted by Gasteiger charge is -2.04. The first-order chi connectivity index (χ1) is 6.84. The second-order valence-electron chi connectivity index (χ2n) is 2.69. The van der Waals surface area contributed by atoms with Gasteiger partial charge in [-0.25, -0.2) is 15.0 Å². The predicted molar refractivity (Wildman–Crippen MR) is 54.0 cm³/mol. The Kier molecular flexibility index (Phi) is 2.22. The van der Waals surface area contributed by atoms with Gasteiger partial charge in [-0.1, -0.05) is 0 Å². The first-order valence-electron chi connectivity index (χ1n) is 4.09. The van der Waals surface area contributed by atoms with Gasteiger partial charge in [-0.15, -0.1) is 0 Å². The molecule has 0 aromatic carbocycles. The number of anilines is 3. The van der Waals surface area contributed by atoms with Crippen LogP contribution in [0.15, 0.2) is 36.9 Å². The summed E-state index contributed by atoms with van der Waals surface area (Å²) in [6.45, 7) is 0. The van der Waals surface area contributed by atoms with Gasteiger partial charge in [0.2, 0.25) is 0 Å². The van der Waals surface area contributed by atoms with Gasteiger partial charge in [0.25, 0.3) is 0 Å². The van der Waals surface area contributed by atoms with Crippen LogP contribution in [0.25, 0.3) is 0 Å². The summed E-state index contributed by atoms with van der Waals surface area (Å²) in [4.78, 5) is 11.7. The van der Waals surface area contributed by atoms with E-state index >= 15 is 0 Å². The predicted octanol–water partition coefficient (Wildman–Crippen LogP) is 1.20. The SMILES string of the molecule is Nc1cc(Nc2ccncn2)ccn1. The molecule has 3 N–H and O–H groups in total. The van der Waals surface area contributed by atoms with Crippen LogP contribution >= 0.6 is 0 Å².